The minimum absolute atomic E-state index is 0.0165. The molecule has 0 radical (unpaired) electrons. The van der Waals surface area contributed by atoms with E-state index in [9.17, 15) is 4.79 Å². The van der Waals surface area contributed by atoms with E-state index in [0.717, 1.165) is 22.1 Å². The number of thioether (sulfide) groups is 1. The molecule has 6 heteroatoms. The van der Waals surface area contributed by atoms with Crippen LogP contribution in [0, 0.1) is 19.8 Å². The first-order valence-electron chi connectivity index (χ1n) is 7.61. The van der Waals surface area contributed by atoms with Crippen molar-refractivity contribution < 1.29 is 4.79 Å². The van der Waals surface area contributed by atoms with Crippen LogP contribution in [0.2, 0.25) is 0 Å². The molecule has 0 fully saturated rings. The number of aryl methyl sites for hydroxylation is 2. The lowest BCUT2D eigenvalue weighted by Gasteiger charge is -2.19. The molecule has 0 aliphatic heterocycles. The average molecular weight is 330 g/mol. The average Bonchev–Trinajstić information content (AvgIpc) is 2.50. The zero-order valence-electron chi connectivity index (χ0n) is 13.9. The van der Waals surface area contributed by atoms with Crippen molar-refractivity contribution in [2.75, 3.05) is 0 Å². The third-order valence-electron chi connectivity index (χ3n) is 3.24. The number of pyridine rings is 1. The van der Waals surface area contributed by atoms with Gasteiger partial charge in [0.2, 0.25) is 5.91 Å². The minimum Gasteiger partial charge on any atom is -0.351 e. The molecule has 0 aromatic carbocycles. The zero-order chi connectivity index (χ0) is 16.8. The van der Waals surface area contributed by atoms with Crippen LogP contribution in [0.15, 0.2) is 35.6 Å². The molecule has 23 heavy (non-hydrogen) atoms. The molecule has 0 saturated heterocycles. The van der Waals surface area contributed by atoms with Gasteiger partial charge < -0.3 is 5.32 Å². The Bertz CT molecular complexity index is 641. The van der Waals surface area contributed by atoms with Crippen molar-refractivity contribution in [3.8, 4) is 0 Å². The van der Waals surface area contributed by atoms with Crippen molar-refractivity contribution in [3.05, 3.63) is 47.7 Å². The van der Waals surface area contributed by atoms with Crippen LogP contribution in [0.5, 0.6) is 0 Å². The Morgan fingerprint density at radius 3 is 2.70 bits per heavy atom. The van der Waals surface area contributed by atoms with E-state index in [2.05, 4.69) is 20.3 Å². The minimum atomic E-state index is -0.194. The molecule has 0 saturated carbocycles. The second kappa shape index (κ2) is 8.06. The topological polar surface area (TPSA) is 67.8 Å². The van der Waals surface area contributed by atoms with E-state index in [1.807, 2.05) is 45.9 Å². The highest BCUT2D eigenvalue weighted by Crippen LogP contribution is 2.27. The number of hydrogen-bond acceptors (Lipinski definition) is 5. The molecule has 5 nitrogen and oxygen atoms in total. The number of carbonyl (C=O) groups is 1. The molecule has 1 amide bonds. The van der Waals surface area contributed by atoms with Crippen LogP contribution in [-0.4, -0.2) is 26.1 Å². The summed E-state index contributed by atoms with van der Waals surface area (Å²) < 4.78 is 0. The van der Waals surface area contributed by atoms with E-state index in [1.54, 1.807) is 12.4 Å². The second-order valence-corrected chi connectivity index (χ2v) is 6.92. The summed E-state index contributed by atoms with van der Waals surface area (Å²) in [5.74, 6) is 0.943. The van der Waals surface area contributed by atoms with Crippen LogP contribution in [0.1, 0.15) is 30.9 Å². The SMILES string of the molecule is Cc1cc(S[C@H](C(=O)NCc2cccnc2)C(C)C)nc(C)n1. The van der Waals surface area contributed by atoms with Crippen molar-refractivity contribution >= 4 is 17.7 Å². The Morgan fingerprint density at radius 2 is 2.09 bits per heavy atom. The van der Waals surface area contributed by atoms with Gasteiger partial charge in [0, 0.05) is 24.6 Å². The van der Waals surface area contributed by atoms with Crippen molar-refractivity contribution in [1.29, 1.82) is 0 Å². The number of amides is 1. The Morgan fingerprint density at radius 1 is 1.30 bits per heavy atom. The van der Waals surface area contributed by atoms with E-state index >= 15 is 0 Å². The lowest BCUT2D eigenvalue weighted by atomic mass is 10.1. The molecule has 2 aromatic rings. The molecule has 1 atom stereocenters. The maximum Gasteiger partial charge on any atom is 0.234 e. The molecule has 122 valence electrons. The largest absolute Gasteiger partial charge is 0.351 e. The summed E-state index contributed by atoms with van der Waals surface area (Å²) in [5, 5.41) is 3.63. The predicted molar refractivity (Wildman–Crippen MR) is 92.1 cm³/mol. The predicted octanol–water partition coefficient (Wildman–Crippen LogP) is 2.92. The summed E-state index contributed by atoms with van der Waals surface area (Å²) in [4.78, 5) is 25.3. The van der Waals surface area contributed by atoms with Crippen LogP contribution in [0.25, 0.3) is 0 Å². The van der Waals surface area contributed by atoms with Crippen LogP contribution in [0.3, 0.4) is 0 Å². The van der Waals surface area contributed by atoms with Gasteiger partial charge in [0.25, 0.3) is 0 Å². The summed E-state index contributed by atoms with van der Waals surface area (Å²) in [5.41, 5.74) is 1.90. The number of hydrogen-bond donors (Lipinski definition) is 1. The van der Waals surface area contributed by atoms with Gasteiger partial charge in [-0.2, -0.15) is 0 Å². The van der Waals surface area contributed by atoms with Crippen LogP contribution >= 0.6 is 11.8 Å². The summed E-state index contributed by atoms with van der Waals surface area (Å²) in [6, 6.07) is 5.73. The fourth-order valence-corrected chi connectivity index (χ4v) is 3.30. The van der Waals surface area contributed by atoms with Crippen molar-refractivity contribution in [3.63, 3.8) is 0 Å². The highest BCUT2D eigenvalue weighted by molar-refractivity contribution is 8.00. The number of rotatable bonds is 6. The summed E-state index contributed by atoms with van der Waals surface area (Å²) in [7, 11) is 0. The molecule has 2 heterocycles. The zero-order valence-corrected chi connectivity index (χ0v) is 14.7. The first-order chi connectivity index (χ1) is 11.0. The van der Waals surface area contributed by atoms with Gasteiger partial charge in [-0.05, 0) is 37.5 Å². The third-order valence-corrected chi connectivity index (χ3v) is 4.71. The Hall–Kier alpha value is -1.95. The van der Waals surface area contributed by atoms with Gasteiger partial charge in [0.15, 0.2) is 0 Å². The van der Waals surface area contributed by atoms with Gasteiger partial charge >= 0.3 is 0 Å². The fourth-order valence-electron chi connectivity index (χ4n) is 2.16. The second-order valence-electron chi connectivity index (χ2n) is 5.76. The van der Waals surface area contributed by atoms with E-state index in [0.29, 0.717) is 6.54 Å². The number of aromatic nitrogens is 3. The van der Waals surface area contributed by atoms with E-state index in [-0.39, 0.29) is 17.1 Å². The maximum absolute atomic E-state index is 12.5. The van der Waals surface area contributed by atoms with Crippen molar-refractivity contribution in [1.82, 2.24) is 20.3 Å². The number of nitrogens with one attached hydrogen (secondary N) is 1. The molecule has 0 unspecified atom stereocenters. The van der Waals surface area contributed by atoms with Gasteiger partial charge in [-0.25, -0.2) is 9.97 Å². The molecular weight excluding hydrogens is 308 g/mol. The first-order valence-corrected chi connectivity index (χ1v) is 8.49. The van der Waals surface area contributed by atoms with E-state index in [1.165, 1.54) is 11.8 Å². The Kier molecular flexibility index (Phi) is 6.10. The molecule has 1 N–H and O–H groups in total. The molecule has 0 aliphatic carbocycles. The molecule has 2 rings (SSSR count). The number of nitrogens with zero attached hydrogens (tertiary/aromatic N) is 3. The van der Waals surface area contributed by atoms with Gasteiger partial charge in [-0.3, -0.25) is 9.78 Å². The molecule has 0 spiro atoms. The highest BCUT2D eigenvalue weighted by Gasteiger charge is 2.24. The fraction of sp³-hybridized carbons (Fsp3) is 0.412. The van der Waals surface area contributed by atoms with Crippen LogP contribution in [-0.2, 0) is 11.3 Å². The van der Waals surface area contributed by atoms with Crippen molar-refractivity contribution in [2.24, 2.45) is 5.92 Å². The third kappa shape index (κ3) is 5.32. The molecule has 0 aliphatic rings. The van der Waals surface area contributed by atoms with E-state index < -0.39 is 0 Å². The lowest BCUT2D eigenvalue weighted by Crippen LogP contribution is -2.35. The summed E-state index contributed by atoms with van der Waals surface area (Å²) in [6.45, 7) is 8.37. The smallest absolute Gasteiger partial charge is 0.234 e. The molecule has 0 bridgehead atoms. The van der Waals surface area contributed by atoms with Gasteiger partial charge in [0.1, 0.15) is 10.9 Å². The maximum atomic E-state index is 12.5. The van der Waals surface area contributed by atoms with Gasteiger partial charge in [-0.1, -0.05) is 31.7 Å². The monoisotopic (exact) mass is 330 g/mol. The van der Waals surface area contributed by atoms with Crippen LogP contribution < -0.4 is 5.32 Å². The Balaban J connectivity index is 2.03. The number of carbonyl (C=O) groups excluding carboxylic acids is 1. The van der Waals surface area contributed by atoms with Gasteiger partial charge in [0.05, 0.1) is 5.25 Å². The summed E-state index contributed by atoms with van der Waals surface area (Å²) in [6.07, 6.45) is 3.48. The molecule has 2 aromatic heterocycles. The first kappa shape index (κ1) is 17.4. The summed E-state index contributed by atoms with van der Waals surface area (Å²) >= 11 is 1.49. The normalized spacial score (nSPS) is 12.2. The quantitative estimate of drug-likeness (QED) is 0.651. The lowest BCUT2D eigenvalue weighted by molar-refractivity contribution is -0.121. The highest BCUT2D eigenvalue weighted by atomic mass is 32.2. The van der Waals surface area contributed by atoms with E-state index in [4.69, 9.17) is 0 Å². The van der Waals surface area contributed by atoms with Crippen molar-refractivity contribution in [2.45, 2.75) is 44.5 Å². The van der Waals surface area contributed by atoms with Gasteiger partial charge in [-0.15, -0.1) is 0 Å². The molecular formula is C17H22N4OS. The Labute approximate surface area is 141 Å². The standard InChI is InChI=1S/C17H22N4OS/c1-11(2)16(23-15-8-12(3)20-13(4)21-15)17(22)19-10-14-6-5-7-18-9-14/h5-9,11,16H,10H2,1-4H3,(H,19,22)/t16-/m0/s1. The van der Waals surface area contributed by atoms with Crippen LogP contribution in [0.4, 0.5) is 0 Å².